The Kier molecular flexibility index (Phi) is 4.79. The van der Waals surface area contributed by atoms with Crippen molar-refractivity contribution in [3.8, 4) is 5.75 Å². The summed E-state index contributed by atoms with van der Waals surface area (Å²) in [5.74, 6) is 0.565. The molecular formula is C19H20N2O3. The molecule has 0 bridgehead atoms. The van der Waals surface area contributed by atoms with Crippen LogP contribution in [-0.2, 0) is 4.79 Å². The first kappa shape index (κ1) is 16.1. The van der Waals surface area contributed by atoms with E-state index in [-0.39, 0.29) is 17.7 Å². The van der Waals surface area contributed by atoms with Crippen molar-refractivity contribution in [3.05, 3.63) is 60.2 Å². The number of para-hydroxylation sites is 2. The van der Waals surface area contributed by atoms with Gasteiger partial charge in [-0.15, -0.1) is 0 Å². The number of methoxy groups -OCH3 is 1. The van der Waals surface area contributed by atoms with E-state index in [0.29, 0.717) is 30.8 Å². The molecule has 2 aromatic carbocycles. The summed E-state index contributed by atoms with van der Waals surface area (Å²) in [6.45, 7) is 1.08. The minimum atomic E-state index is -0.182. The number of hydrogen-bond acceptors (Lipinski definition) is 3. The van der Waals surface area contributed by atoms with Crippen LogP contribution in [0.15, 0.2) is 54.6 Å². The molecule has 0 unspecified atom stereocenters. The molecule has 1 fully saturated rings. The van der Waals surface area contributed by atoms with Gasteiger partial charge in [-0.3, -0.25) is 9.59 Å². The molecule has 5 nitrogen and oxygen atoms in total. The Labute approximate surface area is 141 Å². The number of benzene rings is 2. The Morgan fingerprint density at radius 1 is 1.17 bits per heavy atom. The molecule has 124 valence electrons. The summed E-state index contributed by atoms with van der Waals surface area (Å²) in [5.41, 5.74) is 1.41. The molecule has 1 heterocycles. The normalized spacial score (nSPS) is 17.0. The van der Waals surface area contributed by atoms with E-state index >= 15 is 0 Å². The van der Waals surface area contributed by atoms with Crippen molar-refractivity contribution >= 4 is 17.5 Å². The van der Waals surface area contributed by atoms with Gasteiger partial charge in [-0.1, -0.05) is 30.3 Å². The van der Waals surface area contributed by atoms with Crippen LogP contribution in [0.4, 0.5) is 5.69 Å². The quantitative estimate of drug-likeness (QED) is 0.919. The average Bonchev–Trinajstić information content (AvgIpc) is 3.01. The molecule has 0 aliphatic carbocycles. The molecule has 0 radical (unpaired) electrons. The highest BCUT2D eigenvalue weighted by atomic mass is 16.5. The molecule has 0 spiro atoms. The van der Waals surface area contributed by atoms with Crippen molar-refractivity contribution in [2.75, 3.05) is 25.1 Å². The summed E-state index contributed by atoms with van der Waals surface area (Å²) in [4.78, 5) is 26.3. The van der Waals surface area contributed by atoms with Gasteiger partial charge in [-0.25, -0.2) is 0 Å². The van der Waals surface area contributed by atoms with Crippen LogP contribution in [0.5, 0.6) is 5.75 Å². The van der Waals surface area contributed by atoms with Crippen LogP contribution in [-0.4, -0.2) is 32.0 Å². The van der Waals surface area contributed by atoms with Gasteiger partial charge in [0.1, 0.15) is 5.75 Å². The summed E-state index contributed by atoms with van der Waals surface area (Å²) in [6, 6.07) is 16.7. The number of amides is 2. The third kappa shape index (κ3) is 3.40. The Balaban J connectivity index is 1.60. The molecule has 2 amide bonds. The first-order valence-corrected chi connectivity index (χ1v) is 7.95. The molecule has 0 aromatic heterocycles. The average molecular weight is 324 g/mol. The maximum absolute atomic E-state index is 12.3. The predicted molar refractivity (Wildman–Crippen MR) is 92.2 cm³/mol. The van der Waals surface area contributed by atoms with E-state index in [1.165, 1.54) is 0 Å². The van der Waals surface area contributed by atoms with Crippen LogP contribution in [0.2, 0.25) is 0 Å². The molecule has 2 aromatic rings. The summed E-state index contributed by atoms with van der Waals surface area (Å²) < 4.78 is 5.21. The number of anilines is 1. The number of rotatable bonds is 5. The molecule has 1 atom stereocenters. The van der Waals surface area contributed by atoms with Crippen molar-refractivity contribution in [2.24, 2.45) is 5.92 Å². The maximum Gasteiger partial charge on any atom is 0.255 e. The van der Waals surface area contributed by atoms with Crippen LogP contribution in [0.25, 0.3) is 0 Å². The van der Waals surface area contributed by atoms with Gasteiger partial charge in [0.15, 0.2) is 0 Å². The second-order valence-corrected chi connectivity index (χ2v) is 5.82. The Bertz CT molecular complexity index is 730. The fourth-order valence-corrected chi connectivity index (χ4v) is 2.94. The second kappa shape index (κ2) is 7.17. The first-order chi connectivity index (χ1) is 11.7. The van der Waals surface area contributed by atoms with Crippen molar-refractivity contribution in [1.29, 1.82) is 0 Å². The van der Waals surface area contributed by atoms with E-state index in [4.69, 9.17) is 4.74 Å². The zero-order valence-corrected chi connectivity index (χ0v) is 13.6. The topological polar surface area (TPSA) is 58.6 Å². The molecule has 1 saturated heterocycles. The van der Waals surface area contributed by atoms with Gasteiger partial charge >= 0.3 is 0 Å². The fraction of sp³-hybridized carbons (Fsp3) is 0.263. The highest BCUT2D eigenvalue weighted by Crippen LogP contribution is 2.24. The zero-order chi connectivity index (χ0) is 16.9. The fourth-order valence-electron chi connectivity index (χ4n) is 2.94. The summed E-state index contributed by atoms with van der Waals surface area (Å²) in [6.07, 6.45) is 0.446. The van der Waals surface area contributed by atoms with Gasteiger partial charge < -0.3 is 15.0 Å². The van der Waals surface area contributed by atoms with Crippen LogP contribution in [0.3, 0.4) is 0 Å². The third-order valence-corrected chi connectivity index (χ3v) is 4.18. The standard InChI is InChI=1S/C19H20N2O3/c1-24-17-10-6-5-9-16(17)19(23)20-12-14-11-18(22)21(13-14)15-7-3-2-4-8-15/h2-10,14H,11-13H2,1H3,(H,20,23)/t14-/m1/s1. The van der Waals surface area contributed by atoms with E-state index in [9.17, 15) is 9.59 Å². The van der Waals surface area contributed by atoms with E-state index in [1.807, 2.05) is 36.4 Å². The Morgan fingerprint density at radius 2 is 1.88 bits per heavy atom. The number of nitrogens with zero attached hydrogens (tertiary/aromatic N) is 1. The molecule has 1 aliphatic rings. The van der Waals surface area contributed by atoms with Gasteiger partial charge in [0.2, 0.25) is 5.91 Å². The smallest absolute Gasteiger partial charge is 0.255 e. The van der Waals surface area contributed by atoms with Crippen LogP contribution in [0.1, 0.15) is 16.8 Å². The van der Waals surface area contributed by atoms with Crippen LogP contribution in [0, 0.1) is 5.92 Å². The van der Waals surface area contributed by atoms with Crippen molar-refractivity contribution in [3.63, 3.8) is 0 Å². The van der Waals surface area contributed by atoms with Gasteiger partial charge in [-0.05, 0) is 24.3 Å². The van der Waals surface area contributed by atoms with Crippen LogP contribution < -0.4 is 15.0 Å². The molecule has 1 aliphatic heterocycles. The minimum Gasteiger partial charge on any atom is -0.496 e. The van der Waals surface area contributed by atoms with Gasteiger partial charge in [0.05, 0.1) is 12.7 Å². The number of carbonyl (C=O) groups excluding carboxylic acids is 2. The number of carbonyl (C=O) groups is 2. The largest absolute Gasteiger partial charge is 0.496 e. The van der Waals surface area contributed by atoms with E-state index in [1.54, 1.807) is 30.2 Å². The van der Waals surface area contributed by atoms with E-state index in [2.05, 4.69) is 5.32 Å². The summed E-state index contributed by atoms with van der Waals surface area (Å²) in [7, 11) is 1.54. The molecule has 3 rings (SSSR count). The lowest BCUT2D eigenvalue weighted by molar-refractivity contribution is -0.117. The third-order valence-electron chi connectivity index (χ3n) is 4.18. The zero-order valence-electron chi connectivity index (χ0n) is 13.6. The van der Waals surface area contributed by atoms with Gasteiger partial charge in [-0.2, -0.15) is 0 Å². The highest BCUT2D eigenvalue weighted by molar-refractivity contribution is 5.97. The lowest BCUT2D eigenvalue weighted by atomic mass is 10.1. The van der Waals surface area contributed by atoms with Crippen molar-refractivity contribution in [1.82, 2.24) is 5.32 Å². The van der Waals surface area contributed by atoms with E-state index < -0.39 is 0 Å². The number of hydrogen-bond donors (Lipinski definition) is 1. The monoisotopic (exact) mass is 324 g/mol. The SMILES string of the molecule is COc1ccccc1C(=O)NC[C@H]1CC(=O)N(c2ccccc2)C1. The summed E-state index contributed by atoms with van der Waals surface area (Å²) >= 11 is 0. The predicted octanol–water partition coefficient (Wildman–Crippen LogP) is 2.48. The Morgan fingerprint density at radius 3 is 2.62 bits per heavy atom. The first-order valence-electron chi connectivity index (χ1n) is 7.95. The molecule has 0 saturated carbocycles. The minimum absolute atomic E-state index is 0.0951. The van der Waals surface area contributed by atoms with Gasteiger partial charge in [0, 0.05) is 31.1 Å². The number of ether oxygens (including phenoxy) is 1. The number of nitrogens with one attached hydrogen (secondary N) is 1. The molecule has 5 heteroatoms. The lowest BCUT2D eigenvalue weighted by Crippen LogP contribution is -2.31. The second-order valence-electron chi connectivity index (χ2n) is 5.82. The molecular weight excluding hydrogens is 304 g/mol. The van der Waals surface area contributed by atoms with Crippen molar-refractivity contribution in [2.45, 2.75) is 6.42 Å². The highest BCUT2D eigenvalue weighted by Gasteiger charge is 2.30. The summed E-state index contributed by atoms with van der Waals surface area (Å²) in [5, 5.41) is 2.91. The lowest BCUT2D eigenvalue weighted by Gasteiger charge is -2.17. The van der Waals surface area contributed by atoms with Crippen molar-refractivity contribution < 1.29 is 14.3 Å². The maximum atomic E-state index is 12.3. The van der Waals surface area contributed by atoms with Crippen LogP contribution >= 0.6 is 0 Å². The molecule has 24 heavy (non-hydrogen) atoms. The van der Waals surface area contributed by atoms with Gasteiger partial charge in [0.25, 0.3) is 5.91 Å². The Hall–Kier alpha value is -2.82. The molecule has 1 N–H and O–H groups in total. The van der Waals surface area contributed by atoms with E-state index in [0.717, 1.165) is 5.69 Å².